The van der Waals surface area contributed by atoms with Gasteiger partial charge >= 0.3 is 6.09 Å². The van der Waals surface area contributed by atoms with E-state index in [-0.39, 0.29) is 18.6 Å². The van der Waals surface area contributed by atoms with Crippen LogP contribution in [0.1, 0.15) is 53.5 Å². The Morgan fingerprint density at radius 1 is 0.970 bits per heavy atom. The number of carbonyl (C=O) groups excluding carboxylic acids is 2. The van der Waals surface area contributed by atoms with Crippen molar-refractivity contribution >= 4 is 23.0 Å². The topological polar surface area (TPSA) is 67.7 Å². The van der Waals surface area contributed by atoms with Crippen molar-refractivity contribution in [3.63, 3.8) is 0 Å². The number of nitrogens with zero attached hydrogens (tertiary/aromatic N) is 4. The van der Waals surface area contributed by atoms with Gasteiger partial charge in [0, 0.05) is 37.8 Å². The van der Waals surface area contributed by atoms with Crippen LogP contribution < -0.4 is 0 Å². The van der Waals surface area contributed by atoms with E-state index >= 15 is 0 Å². The third-order valence-electron chi connectivity index (χ3n) is 6.83. The standard InChI is InChI=1S/C26H30N4O3/c1-19-27-23-12-11-21(17-24(23)30(19)22-9-5-6-10-22)25(31)28-13-15-29(16-14-28)26(32)33-18-20-7-3-2-4-8-20/h2-4,7-8,11-12,17,22H,5-6,9-10,13-16,18H2,1H3. The lowest BCUT2D eigenvalue weighted by Gasteiger charge is -2.34. The largest absolute Gasteiger partial charge is 0.445 e. The van der Waals surface area contributed by atoms with Gasteiger partial charge in [0.2, 0.25) is 0 Å². The van der Waals surface area contributed by atoms with Crippen LogP contribution in [0.3, 0.4) is 0 Å². The molecule has 0 atom stereocenters. The van der Waals surface area contributed by atoms with Crippen molar-refractivity contribution in [2.75, 3.05) is 26.2 Å². The maximum absolute atomic E-state index is 13.2. The fourth-order valence-corrected chi connectivity index (χ4v) is 5.06. The van der Waals surface area contributed by atoms with Gasteiger partial charge in [-0.25, -0.2) is 9.78 Å². The Morgan fingerprint density at radius 3 is 2.39 bits per heavy atom. The first-order chi connectivity index (χ1) is 16.1. The van der Waals surface area contributed by atoms with E-state index in [9.17, 15) is 9.59 Å². The molecule has 0 unspecified atom stereocenters. The molecule has 1 aliphatic carbocycles. The third-order valence-corrected chi connectivity index (χ3v) is 6.83. The molecule has 1 aromatic heterocycles. The highest BCUT2D eigenvalue weighted by Gasteiger charge is 2.27. The number of aryl methyl sites for hydroxylation is 1. The van der Waals surface area contributed by atoms with Crippen LogP contribution >= 0.6 is 0 Å². The van der Waals surface area contributed by atoms with Crippen molar-refractivity contribution in [2.45, 2.75) is 45.3 Å². The Morgan fingerprint density at radius 2 is 1.67 bits per heavy atom. The molecule has 2 amide bonds. The molecule has 172 valence electrons. The molecule has 0 bridgehead atoms. The molecule has 0 radical (unpaired) electrons. The number of imidazole rings is 1. The summed E-state index contributed by atoms with van der Waals surface area (Å²) in [5.41, 5.74) is 3.64. The van der Waals surface area contributed by atoms with Crippen LogP contribution in [-0.2, 0) is 11.3 Å². The smallest absolute Gasteiger partial charge is 0.410 e. The molecule has 2 fully saturated rings. The van der Waals surface area contributed by atoms with Gasteiger partial charge in [0.1, 0.15) is 12.4 Å². The summed E-state index contributed by atoms with van der Waals surface area (Å²) in [4.78, 5) is 33.9. The normalized spacial score (nSPS) is 17.0. The van der Waals surface area contributed by atoms with Crippen molar-refractivity contribution in [3.8, 4) is 0 Å². The van der Waals surface area contributed by atoms with E-state index in [0.717, 1.165) is 22.4 Å². The summed E-state index contributed by atoms with van der Waals surface area (Å²) < 4.78 is 7.75. The highest BCUT2D eigenvalue weighted by molar-refractivity contribution is 5.97. The Hall–Kier alpha value is -3.35. The summed E-state index contributed by atoms with van der Waals surface area (Å²) >= 11 is 0. The van der Waals surface area contributed by atoms with Gasteiger partial charge in [-0.2, -0.15) is 0 Å². The van der Waals surface area contributed by atoms with Crippen LogP contribution in [0, 0.1) is 6.92 Å². The van der Waals surface area contributed by atoms with E-state index in [1.165, 1.54) is 25.7 Å². The van der Waals surface area contributed by atoms with Gasteiger partial charge in [-0.1, -0.05) is 43.2 Å². The Bertz CT molecular complexity index is 1140. The zero-order valence-corrected chi connectivity index (χ0v) is 19.1. The van der Waals surface area contributed by atoms with Crippen LogP contribution in [0.5, 0.6) is 0 Å². The molecule has 2 aliphatic rings. The second-order valence-electron chi connectivity index (χ2n) is 8.99. The van der Waals surface area contributed by atoms with Gasteiger partial charge in [0.05, 0.1) is 11.0 Å². The fraction of sp³-hybridized carbons (Fsp3) is 0.423. The molecule has 1 aliphatic heterocycles. The Labute approximate surface area is 193 Å². The molecule has 3 aromatic rings. The first-order valence-corrected chi connectivity index (χ1v) is 11.8. The SMILES string of the molecule is Cc1nc2ccc(C(=O)N3CCN(C(=O)OCc4ccccc4)CC3)cc2n1C1CCCC1. The summed E-state index contributed by atoms with van der Waals surface area (Å²) in [6.07, 6.45) is 4.52. The molecule has 33 heavy (non-hydrogen) atoms. The average Bonchev–Trinajstić information content (AvgIpc) is 3.49. The van der Waals surface area contributed by atoms with E-state index in [1.807, 2.05) is 53.4 Å². The van der Waals surface area contributed by atoms with Crippen molar-refractivity contribution in [3.05, 3.63) is 65.5 Å². The van der Waals surface area contributed by atoms with Gasteiger partial charge in [0.25, 0.3) is 5.91 Å². The molecular weight excluding hydrogens is 416 g/mol. The van der Waals surface area contributed by atoms with Crippen LogP contribution in [0.4, 0.5) is 4.79 Å². The van der Waals surface area contributed by atoms with Crippen LogP contribution in [0.15, 0.2) is 48.5 Å². The van der Waals surface area contributed by atoms with E-state index in [1.54, 1.807) is 4.90 Å². The lowest BCUT2D eigenvalue weighted by molar-refractivity contribution is 0.0544. The first kappa shape index (κ1) is 21.5. The number of carbonyl (C=O) groups is 2. The predicted octanol–water partition coefficient (Wildman–Crippen LogP) is 4.55. The number of benzene rings is 2. The number of aromatic nitrogens is 2. The lowest BCUT2D eigenvalue weighted by atomic mass is 10.1. The minimum atomic E-state index is -0.330. The number of piperazine rings is 1. The van der Waals surface area contributed by atoms with Crippen molar-refractivity contribution in [1.29, 1.82) is 0 Å². The average molecular weight is 447 g/mol. The molecule has 0 N–H and O–H groups in total. The lowest BCUT2D eigenvalue weighted by Crippen LogP contribution is -2.50. The molecule has 5 rings (SSSR count). The van der Waals surface area contributed by atoms with Gasteiger partial charge in [-0.15, -0.1) is 0 Å². The second-order valence-corrected chi connectivity index (χ2v) is 8.99. The van der Waals surface area contributed by atoms with Gasteiger partial charge in [-0.3, -0.25) is 4.79 Å². The van der Waals surface area contributed by atoms with Crippen molar-refractivity contribution in [2.24, 2.45) is 0 Å². The third kappa shape index (κ3) is 4.45. The molecule has 7 nitrogen and oxygen atoms in total. The Kier molecular flexibility index (Phi) is 6.03. The highest BCUT2D eigenvalue weighted by Crippen LogP contribution is 2.33. The van der Waals surface area contributed by atoms with E-state index < -0.39 is 0 Å². The molecule has 1 saturated carbocycles. The molecule has 1 saturated heterocycles. The minimum absolute atomic E-state index is 0.00558. The van der Waals surface area contributed by atoms with E-state index in [4.69, 9.17) is 9.72 Å². The predicted molar refractivity (Wildman–Crippen MR) is 126 cm³/mol. The monoisotopic (exact) mass is 446 g/mol. The quantitative estimate of drug-likeness (QED) is 0.589. The molecule has 0 spiro atoms. The number of fused-ring (bicyclic) bond motifs is 1. The van der Waals surface area contributed by atoms with Crippen molar-refractivity contribution in [1.82, 2.24) is 19.4 Å². The summed E-state index contributed by atoms with van der Waals surface area (Å²) in [6, 6.07) is 15.9. The minimum Gasteiger partial charge on any atom is -0.445 e. The van der Waals surface area contributed by atoms with E-state index in [2.05, 4.69) is 11.5 Å². The van der Waals surface area contributed by atoms with Gasteiger partial charge in [0.15, 0.2) is 0 Å². The summed E-state index contributed by atoms with van der Waals surface area (Å²) in [7, 11) is 0. The van der Waals surface area contributed by atoms with Crippen LogP contribution in [0.25, 0.3) is 11.0 Å². The number of rotatable bonds is 4. The summed E-state index contributed by atoms with van der Waals surface area (Å²) in [5, 5.41) is 0. The number of hydrogen-bond donors (Lipinski definition) is 0. The Balaban J connectivity index is 1.22. The molecular formula is C26H30N4O3. The highest BCUT2D eigenvalue weighted by atomic mass is 16.6. The zero-order valence-electron chi connectivity index (χ0n) is 19.1. The zero-order chi connectivity index (χ0) is 22.8. The molecule has 2 aromatic carbocycles. The number of ether oxygens (including phenoxy) is 1. The van der Waals surface area contributed by atoms with Crippen molar-refractivity contribution < 1.29 is 14.3 Å². The van der Waals surface area contributed by atoms with Crippen LogP contribution in [-0.4, -0.2) is 57.5 Å². The molecule has 2 heterocycles. The second kappa shape index (κ2) is 9.25. The van der Waals surface area contributed by atoms with Gasteiger partial charge < -0.3 is 19.1 Å². The maximum Gasteiger partial charge on any atom is 0.410 e. The first-order valence-electron chi connectivity index (χ1n) is 11.8. The van der Waals surface area contributed by atoms with Gasteiger partial charge in [-0.05, 0) is 43.5 Å². The van der Waals surface area contributed by atoms with E-state index in [0.29, 0.717) is 37.8 Å². The van der Waals surface area contributed by atoms with Crippen LogP contribution in [0.2, 0.25) is 0 Å². The number of amides is 2. The number of hydrogen-bond acceptors (Lipinski definition) is 4. The maximum atomic E-state index is 13.2. The molecule has 7 heteroatoms. The fourth-order valence-electron chi connectivity index (χ4n) is 5.06. The summed E-state index contributed by atoms with van der Waals surface area (Å²) in [6.45, 7) is 4.25. The summed E-state index contributed by atoms with van der Waals surface area (Å²) in [5.74, 6) is 1.02.